The van der Waals surface area contributed by atoms with Gasteiger partial charge in [0, 0.05) is 12.6 Å². The van der Waals surface area contributed by atoms with E-state index in [1.807, 2.05) is 0 Å². The number of nitrogens with one attached hydrogen (secondary N) is 1. The molecule has 1 aliphatic rings. The maximum atomic E-state index is 5.79. The normalized spacial score (nSPS) is 17.7. The summed E-state index contributed by atoms with van der Waals surface area (Å²) < 4.78 is 0. The van der Waals surface area contributed by atoms with Crippen molar-refractivity contribution in [2.75, 3.05) is 13.1 Å². The van der Waals surface area contributed by atoms with Crippen molar-refractivity contribution in [2.24, 2.45) is 11.7 Å². The summed E-state index contributed by atoms with van der Waals surface area (Å²) in [4.78, 5) is 0. The first-order valence-electron chi connectivity index (χ1n) is 5.79. The third-order valence-corrected chi connectivity index (χ3v) is 3.07. The van der Waals surface area contributed by atoms with E-state index in [1.165, 1.54) is 24.0 Å². The fourth-order valence-corrected chi connectivity index (χ4v) is 1.77. The molecule has 0 spiro atoms. The summed E-state index contributed by atoms with van der Waals surface area (Å²) in [6, 6.07) is 8.97. The molecule has 0 radical (unpaired) electrons. The number of hydrogen-bond acceptors (Lipinski definition) is 2. The Hall–Kier alpha value is -0.860. The van der Waals surface area contributed by atoms with Gasteiger partial charge in [-0.15, -0.1) is 0 Å². The first-order chi connectivity index (χ1) is 7.29. The lowest BCUT2D eigenvalue weighted by Gasteiger charge is -2.17. The molecule has 0 aromatic heterocycles. The molecule has 2 nitrogen and oxygen atoms in total. The molecule has 0 heterocycles. The Labute approximate surface area is 91.9 Å². The quantitative estimate of drug-likeness (QED) is 0.770. The van der Waals surface area contributed by atoms with Crippen LogP contribution in [0.4, 0.5) is 0 Å². The molecule has 1 aliphatic carbocycles. The fraction of sp³-hybridized carbons (Fsp3) is 0.538. The number of rotatable bonds is 5. The largest absolute Gasteiger partial charge is 0.329 e. The minimum atomic E-state index is 0.325. The van der Waals surface area contributed by atoms with E-state index in [-0.39, 0.29) is 0 Å². The van der Waals surface area contributed by atoms with Gasteiger partial charge in [0.05, 0.1) is 0 Å². The van der Waals surface area contributed by atoms with E-state index in [0.717, 1.165) is 12.5 Å². The molecule has 2 rings (SSSR count). The van der Waals surface area contributed by atoms with Crippen LogP contribution in [0.3, 0.4) is 0 Å². The highest BCUT2D eigenvalue weighted by atomic mass is 14.9. The van der Waals surface area contributed by atoms with Gasteiger partial charge in [-0.1, -0.05) is 29.8 Å². The Balaban J connectivity index is 1.94. The Morgan fingerprint density at radius 3 is 2.53 bits per heavy atom. The standard InChI is InChI=1S/C13H20N2/c1-10-2-6-12(7-3-10)13(8-14)15-9-11-4-5-11/h2-3,6-7,11,13,15H,4-5,8-9,14H2,1H3. The lowest BCUT2D eigenvalue weighted by atomic mass is 10.1. The molecule has 1 saturated carbocycles. The molecular formula is C13H20N2. The topological polar surface area (TPSA) is 38.0 Å². The molecule has 3 N–H and O–H groups in total. The SMILES string of the molecule is Cc1ccc(C(CN)NCC2CC2)cc1. The maximum Gasteiger partial charge on any atom is 0.0444 e. The van der Waals surface area contributed by atoms with Gasteiger partial charge in [-0.25, -0.2) is 0 Å². The van der Waals surface area contributed by atoms with Crippen LogP contribution in [0.5, 0.6) is 0 Å². The van der Waals surface area contributed by atoms with Crippen molar-refractivity contribution in [3.63, 3.8) is 0 Å². The summed E-state index contributed by atoms with van der Waals surface area (Å²) in [6.45, 7) is 3.91. The van der Waals surface area contributed by atoms with Crippen LogP contribution in [-0.4, -0.2) is 13.1 Å². The number of aryl methyl sites for hydroxylation is 1. The van der Waals surface area contributed by atoms with E-state index in [2.05, 4.69) is 36.5 Å². The minimum absolute atomic E-state index is 0.325. The second-order valence-corrected chi connectivity index (χ2v) is 4.55. The van der Waals surface area contributed by atoms with Crippen LogP contribution in [0.1, 0.15) is 30.0 Å². The molecule has 2 heteroatoms. The zero-order valence-corrected chi connectivity index (χ0v) is 9.37. The van der Waals surface area contributed by atoms with Crippen LogP contribution in [0, 0.1) is 12.8 Å². The van der Waals surface area contributed by atoms with Crippen LogP contribution in [0.15, 0.2) is 24.3 Å². The summed E-state index contributed by atoms with van der Waals surface area (Å²) in [5, 5.41) is 3.54. The summed E-state index contributed by atoms with van der Waals surface area (Å²) in [6.07, 6.45) is 2.77. The minimum Gasteiger partial charge on any atom is -0.329 e. The number of hydrogen-bond donors (Lipinski definition) is 2. The van der Waals surface area contributed by atoms with Crippen LogP contribution in [0.25, 0.3) is 0 Å². The van der Waals surface area contributed by atoms with Gasteiger partial charge in [-0.3, -0.25) is 0 Å². The summed E-state index contributed by atoms with van der Waals surface area (Å²) >= 11 is 0. The first kappa shape index (κ1) is 10.7. The Bertz CT molecular complexity index is 301. The van der Waals surface area contributed by atoms with Gasteiger partial charge in [0.25, 0.3) is 0 Å². The van der Waals surface area contributed by atoms with Gasteiger partial charge in [-0.2, -0.15) is 0 Å². The molecule has 15 heavy (non-hydrogen) atoms. The third kappa shape index (κ3) is 3.05. The van der Waals surface area contributed by atoms with Crippen LogP contribution in [0.2, 0.25) is 0 Å². The van der Waals surface area contributed by atoms with E-state index < -0.39 is 0 Å². The van der Waals surface area contributed by atoms with Gasteiger partial charge in [0.15, 0.2) is 0 Å². The van der Waals surface area contributed by atoms with Crippen molar-refractivity contribution in [3.8, 4) is 0 Å². The van der Waals surface area contributed by atoms with Crippen molar-refractivity contribution < 1.29 is 0 Å². The van der Waals surface area contributed by atoms with Crippen LogP contribution in [-0.2, 0) is 0 Å². The second-order valence-electron chi connectivity index (χ2n) is 4.55. The van der Waals surface area contributed by atoms with E-state index in [4.69, 9.17) is 5.73 Å². The van der Waals surface area contributed by atoms with Crippen molar-refractivity contribution in [1.82, 2.24) is 5.32 Å². The predicted molar refractivity (Wildman–Crippen MR) is 63.7 cm³/mol. The van der Waals surface area contributed by atoms with Gasteiger partial charge < -0.3 is 11.1 Å². The van der Waals surface area contributed by atoms with E-state index in [1.54, 1.807) is 0 Å². The van der Waals surface area contributed by atoms with Crippen molar-refractivity contribution in [3.05, 3.63) is 35.4 Å². The lowest BCUT2D eigenvalue weighted by Crippen LogP contribution is -2.29. The first-order valence-corrected chi connectivity index (χ1v) is 5.79. The van der Waals surface area contributed by atoms with Crippen molar-refractivity contribution in [2.45, 2.75) is 25.8 Å². The molecule has 0 aliphatic heterocycles. The number of benzene rings is 1. The highest BCUT2D eigenvalue weighted by Crippen LogP contribution is 2.28. The molecule has 82 valence electrons. The zero-order chi connectivity index (χ0) is 10.7. The van der Waals surface area contributed by atoms with Gasteiger partial charge in [-0.05, 0) is 37.8 Å². The van der Waals surface area contributed by atoms with Crippen molar-refractivity contribution >= 4 is 0 Å². The monoisotopic (exact) mass is 204 g/mol. The maximum absolute atomic E-state index is 5.79. The van der Waals surface area contributed by atoms with Gasteiger partial charge in [0.1, 0.15) is 0 Å². The highest BCUT2D eigenvalue weighted by molar-refractivity contribution is 5.24. The molecule has 1 unspecified atom stereocenters. The van der Waals surface area contributed by atoms with Gasteiger partial charge >= 0.3 is 0 Å². The summed E-state index contributed by atoms with van der Waals surface area (Å²) in [5.74, 6) is 0.907. The Kier molecular flexibility index (Phi) is 3.39. The van der Waals surface area contributed by atoms with E-state index in [9.17, 15) is 0 Å². The second kappa shape index (κ2) is 4.77. The predicted octanol–water partition coefficient (Wildman–Crippen LogP) is 1.99. The highest BCUT2D eigenvalue weighted by Gasteiger charge is 2.22. The third-order valence-electron chi connectivity index (χ3n) is 3.07. The summed E-state index contributed by atoms with van der Waals surface area (Å²) in [5.41, 5.74) is 8.40. The fourth-order valence-electron chi connectivity index (χ4n) is 1.77. The van der Waals surface area contributed by atoms with Gasteiger partial charge in [0.2, 0.25) is 0 Å². The average Bonchev–Trinajstić information content (AvgIpc) is 3.05. The smallest absolute Gasteiger partial charge is 0.0444 e. The van der Waals surface area contributed by atoms with Crippen LogP contribution < -0.4 is 11.1 Å². The molecule has 1 atom stereocenters. The Morgan fingerprint density at radius 2 is 2.00 bits per heavy atom. The lowest BCUT2D eigenvalue weighted by molar-refractivity contribution is 0.522. The van der Waals surface area contributed by atoms with Crippen LogP contribution >= 0.6 is 0 Å². The molecular weight excluding hydrogens is 184 g/mol. The Morgan fingerprint density at radius 1 is 1.33 bits per heavy atom. The average molecular weight is 204 g/mol. The molecule has 0 bridgehead atoms. The molecule has 1 aromatic carbocycles. The molecule has 0 saturated heterocycles. The number of nitrogens with two attached hydrogens (primary N) is 1. The molecule has 1 aromatic rings. The van der Waals surface area contributed by atoms with E-state index >= 15 is 0 Å². The van der Waals surface area contributed by atoms with Crippen molar-refractivity contribution in [1.29, 1.82) is 0 Å². The summed E-state index contributed by atoms with van der Waals surface area (Å²) in [7, 11) is 0. The van der Waals surface area contributed by atoms with E-state index in [0.29, 0.717) is 12.6 Å². The molecule has 1 fully saturated rings. The zero-order valence-electron chi connectivity index (χ0n) is 9.37. The molecule has 0 amide bonds.